The van der Waals surface area contributed by atoms with E-state index in [0.717, 1.165) is 11.1 Å². The van der Waals surface area contributed by atoms with E-state index < -0.39 is 10.0 Å². The molecule has 2 aromatic rings. The first kappa shape index (κ1) is 16.2. The molecule has 0 aliphatic carbocycles. The molecule has 0 aliphatic heterocycles. The number of rotatable bonds is 4. The van der Waals surface area contributed by atoms with Crippen LogP contribution in [-0.4, -0.2) is 8.42 Å². The van der Waals surface area contributed by atoms with Gasteiger partial charge in [0.1, 0.15) is 4.90 Å². The molecule has 0 heterocycles. The van der Waals surface area contributed by atoms with E-state index in [0.29, 0.717) is 5.69 Å². The lowest BCUT2D eigenvalue weighted by Crippen LogP contribution is -2.14. The van der Waals surface area contributed by atoms with E-state index in [2.05, 4.69) is 14.7 Å². The molecule has 114 valence electrons. The van der Waals surface area contributed by atoms with Gasteiger partial charge in [0.25, 0.3) is 10.0 Å². The van der Waals surface area contributed by atoms with Crippen molar-refractivity contribution in [3.05, 3.63) is 63.0 Å². The molecule has 8 heteroatoms. The first-order valence-electron chi connectivity index (χ1n) is 6.29. The van der Waals surface area contributed by atoms with Gasteiger partial charge in [-0.1, -0.05) is 46.5 Å². The van der Waals surface area contributed by atoms with Crippen LogP contribution in [0.4, 0.5) is 11.4 Å². The zero-order valence-corrected chi connectivity index (χ0v) is 13.5. The van der Waals surface area contributed by atoms with Gasteiger partial charge in [-0.15, -0.1) is 0 Å². The molecule has 0 bridgehead atoms. The van der Waals surface area contributed by atoms with Crippen molar-refractivity contribution >= 4 is 33.0 Å². The number of nitrogens with zero attached hydrogens (tertiary/aromatic N) is 3. The van der Waals surface area contributed by atoms with Crippen LogP contribution >= 0.6 is 11.6 Å². The Morgan fingerprint density at radius 2 is 1.95 bits per heavy atom. The van der Waals surface area contributed by atoms with Crippen LogP contribution in [0, 0.1) is 13.8 Å². The third-order valence-corrected chi connectivity index (χ3v) is 4.88. The molecular weight excluding hydrogens is 324 g/mol. The zero-order valence-electron chi connectivity index (χ0n) is 11.9. The molecule has 2 rings (SSSR count). The van der Waals surface area contributed by atoms with Crippen molar-refractivity contribution in [2.75, 3.05) is 4.72 Å². The lowest BCUT2D eigenvalue weighted by atomic mass is 10.1. The standard InChI is InChI=1S/C14H13ClN4O2S/c1-9-6-7-12(10(2)8-9)18-22(20,21)14-11(15)4-3-5-13(14)17-19-16/h3-8,18H,1-2H3. The van der Waals surface area contributed by atoms with Crippen molar-refractivity contribution in [3.8, 4) is 0 Å². The number of hydrogen-bond acceptors (Lipinski definition) is 3. The monoisotopic (exact) mass is 336 g/mol. The minimum absolute atomic E-state index is 0.0119. The number of anilines is 1. The number of sulfonamides is 1. The summed E-state index contributed by atoms with van der Waals surface area (Å²) in [6.07, 6.45) is 0. The molecule has 0 atom stereocenters. The number of aryl methyl sites for hydroxylation is 2. The maximum absolute atomic E-state index is 12.6. The number of hydrogen-bond donors (Lipinski definition) is 1. The van der Waals surface area contributed by atoms with E-state index in [1.54, 1.807) is 19.1 Å². The number of halogens is 1. The second kappa shape index (κ2) is 6.27. The normalized spacial score (nSPS) is 10.9. The fraction of sp³-hybridized carbons (Fsp3) is 0.143. The summed E-state index contributed by atoms with van der Waals surface area (Å²) in [4.78, 5) is 2.39. The van der Waals surface area contributed by atoms with E-state index in [4.69, 9.17) is 17.1 Å². The van der Waals surface area contributed by atoms with Crippen LogP contribution in [-0.2, 0) is 10.0 Å². The number of benzene rings is 2. The molecule has 0 amide bonds. The van der Waals surface area contributed by atoms with Gasteiger partial charge in [-0.25, -0.2) is 8.42 Å². The minimum atomic E-state index is -3.98. The largest absolute Gasteiger partial charge is 0.279 e. The highest BCUT2D eigenvalue weighted by atomic mass is 35.5. The third-order valence-electron chi connectivity index (χ3n) is 2.99. The van der Waals surface area contributed by atoms with Crippen molar-refractivity contribution < 1.29 is 8.42 Å². The molecule has 22 heavy (non-hydrogen) atoms. The van der Waals surface area contributed by atoms with E-state index in [-0.39, 0.29) is 15.6 Å². The van der Waals surface area contributed by atoms with Gasteiger partial charge in [0.15, 0.2) is 0 Å². The van der Waals surface area contributed by atoms with Crippen LogP contribution in [0.15, 0.2) is 46.4 Å². The van der Waals surface area contributed by atoms with Crippen molar-refractivity contribution in [2.24, 2.45) is 5.11 Å². The molecule has 0 saturated carbocycles. The van der Waals surface area contributed by atoms with E-state index in [9.17, 15) is 8.42 Å². The molecule has 2 aromatic carbocycles. The topological polar surface area (TPSA) is 94.9 Å². The summed E-state index contributed by atoms with van der Waals surface area (Å²) in [5.74, 6) is 0. The SMILES string of the molecule is Cc1ccc(NS(=O)(=O)c2c(Cl)cccc2N=[N+]=[N-])c(C)c1. The van der Waals surface area contributed by atoms with E-state index >= 15 is 0 Å². The van der Waals surface area contributed by atoms with Crippen LogP contribution < -0.4 is 4.72 Å². The molecule has 0 saturated heterocycles. The molecule has 0 fully saturated rings. The number of nitrogens with one attached hydrogen (secondary N) is 1. The maximum Gasteiger partial charge on any atom is 0.263 e. The molecule has 0 radical (unpaired) electrons. The molecule has 6 nitrogen and oxygen atoms in total. The second-order valence-corrected chi connectivity index (χ2v) is 6.73. The molecule has 1 N–H and O–H groups in total. The van der Waals surface area contributed by atoms with Gasteiger partial charge in [0.2, 0.25) is 0 Å². The van der Waals surface area contributed by atoms with Gasteiger partial charge in [-0.3, -0.25) is 4.72 Å². The first-order chi connectivity index (χ1) is 10.3. The minimum Gasteiger partial charge on any atom is -0.279 e. The van der Waals surface area contributed by atoms with Gasteiger partial charge in [-0.2, -0.15) is 0 Å². The quantitative estimate of drug-likeness (QED) is 0.497. The third kappa shape index (κ3) is 3.33. The summed E-state index contributed by atoms with van der Waals surface area (Å²) in [5, 5.41) is 3.38. The highest BCUT2D eigenvalue weighted by Crippen LogP contribution is 2.33. The Labute approximate surface area is 133 Å². The Kier molecular flexibility index (Phi) is 4.61. The van der Waals surface area contributed by atoms with Gasteiger partial charge in [0.05, 0.1) is 16.4 Å². The second-order valence-electron chi connectivity index (χ2n) is 4.70. The van der Waals surface area contributed by atoms with Crippen LogP contribution in [0.25, 0.3) is 10.4 Å². The fourth-order valence-corrected chi connectivity index (χ4v) is 3.82. The fourth-order valence-electron chi connectivity index (χ4n) is 2.01. The molecule has 0 aromatic heterocycles. The van der Waals surface area contributed by atoms with Crippen LogP contribution in [0.5, 0.6) is 0 Å². The summed E-state index contributed by atoms with van der Waals surface area (Å²) in [5.41, 5.74) is 10.8. The zero-order chi connectivity index (χ0) is 16.3. The van der Waals surface area contributed by atoms with Gasteiger partial charge in [0, 0.05) is 4.91 Å². The van der Waals surface area contributed by atoms with Crippen LogP contribution in [0.1, 0.15) is 11.1 Å². The summed E-state index contributed by atoms with van der Waals surface area (Å²) < 4.78 is 27.6. The Balaban J connectivity index is 2.54. The molecule has 0 aliphatic rings. The summed E-state index contributed by atoms with van der Waals surface area (Å²) in [6, 6.07) is 9.66. The highest BCUT2D eigenvalue weighted by molar-refractivity contribution is 7.93. The van der Waals surface area contributed by atoms with Crippen molar-refractivity contribution in [1.82, 2.24) is 0 Å². The predicted molar refractivity (Wildman–Crippen MR) is 87.0 cm³/mol. The van der Waals surface area contributed by atoms with Crippen molar-refractivity contribution in [2.45, 2.75) is 18.7 Å². The van der Waals surface area contributed by atoms with Crippen LogP contribution in [0.2, 0.25) is 5.02 Å². The van der Waals surface area contributed by atoms with E-state index in [1.165, 1.54) is 18.2 Å². The first-order valence-corrected chi connectivity index (χ1v) is 8.15. The lowest BCUT2D eigenvalue weighted by Gasteiger charge is -2.13. The smallest absolute Gasteiger partial charge is 0.263 e. The van der Waals surface area contributed by atoms with Gasteiger partial charge >= 0.3 is 0 Å². The van der Waals surface area contributed by atoms with E-state index in [1.807, 2.05) is 13.0 Å². The Morgan fingerprint density at radius 1 is 1.23 bits per heavy atom. The summed E-state index contributed by atoms with van der Waals surface area (Å²) in [6.45, 7) is 3.71. The summed E-state index contributed by atoms with van der Waals surface area (Å²) >= 11 is 5.98. The average Bonchev–Trinajstić information content (AvgIpc) is 2.42. The van der Waals surface area contributed by atoms with Crippen molar-refractivity contribution in [3.63, 3.8) is 0 Å². The summed E-state index contributed by atoms with van der Waals surface area (Å²) in [7, 11) is -3.98. The maximum atomic E-state index is 12.6. The molecular formula is C14H13ClN4O2S. The van der Waals surface area contributed by atoms with Gasteiger partial charge in [-0.05, 0) is 37.1 Å². The lowest BCUT2D eigenvalue weighted by molar-refractivity contribution is 0.601. The Bertz CT molecular complexity index is 874. The average molecular weight is 337 g/mol. The molecule has 0 unspecified atom stereocenters. The Morgan fingerprint density at radius 3 is 2.59 bits per heavy atom. The predicted octanol–water partition coefficient (Wildman–Crippen LogP) is 4.70. The number of azide groups is 1. The highest BCUT2D eigenvalue weighted by Gasteiger charge is 2.22. The molecule has 0 spiro atoms. The van der Waals surface area contributed by atoms with Crippen molar-refractivity contribution in [1.29, 1.82) is 0 Å². The van der Waals surface area contributed by atoms with Gasteiger partial charge < -0.3 is 0 Å². The Hall–Kier alpha value is -2.21. The van der Waals surface area contributed by atoms with Crippen LogP contribution in [0.3, 0.4) is 0 Å².